The first-order valence-electron chi connectivity index (χ1n) is 7.30. The zero-order valence-electron chi connectivity index (χ0n) is 14.2. The zero-order chi connectivity index (χ0) is 18.3. The predicted octanol–water partition coefficient (Wildman–Crippen LogP) is 1.39. The molecule has 132 valence electrons. The normalized spacial score (nSPS) is 13.1. The maximum absolute atomic E-state index is 11.9. The summed E-state index contributed by atoms with van der Waals surface area (Å²) in [5.41, 5.74) is 6.12. The van der Waals surface area contributed by atoms with E-state index < -0.39 is 23.7 Å². The summed E-state index contributed by atoms with van der Waals surface area (Å²) < 4.78 is 9.86. The van der Waals surface area contributed by atoms with Crippen LogP contribution in [0.2, 0.25) is 0 Å². The number of esters is 1. The van der Waals surface area contributed by atoms with E-state index >= 15 is 0 Å². The summed E-state index contributed by atoms with van der Waals surface area (Å²) >= 11 is 0. The summed E-state index contributed by atoms with van der Waals surface area (Å²) in [7, 11) is 1.24. The maximum Gasteiger partial charge on any atom is 0.408 e. The number of methoxy groups -OCH3 is 1. The highest BCUT2D eigenvalue weighted by Crippen LogP contribution is 2.10. The second kappa shape index (κ2) is 8.19. The predicted molar refractivity (Wildman–Crippen MR) is 87.8 cm³/mol. The molecule has 0 fully saturated rings. The minimum absolute atomic E-state index is 0.0158. The van der Waals surface area contributed by atoms with Crippen molar-refractivity contribution in [1.29, 1.82) is 0 Å². The molecule has 0 spiro atoms. The molecule has 0 aliphatic heterocycles. The van der Waals surface area contributed by atoms with E-state index in [2.05, 4.69) is 10.5 Å². The SMILES string of the molecule is COC(=O)C(Cc1ccc(C(N)=NO)cc1)NC(=O)OC(C)(C)C. The number of alkyl carbamates (subject to hydrolysis) is 1. The van der Waals surface area contributed by atoms with E-state index in [9.17, 15) is 9.59 Å². The Morgan fingerprint density at radius 2 is 1.88 bits per heavy atom. The van der Waals surface area contributed by atoms with Crippen molar-refractivity contribution in [2.45, 2.75) is 38.8 Å². The van der Waals surface area contributed by atoms with E-state index in [1.165, 1.54) is 7.11 Å². The van der Waals surface area contributed by atoms with Crippen molar-refractivity contribution >= 4 is 17.9 Å². The van der Waals surface area contributed by atoms with Gasteiger partial charge >= 0.3 is 12.1 Å². The molecule has 1 aromatic carbocycles. The van der Waals surface area contributed by atoms with Crippen LogP contribution in [0.25, 0.3) is 0 Å². The van der Waals surface area contributed by atoms with Gasteiger partial charge in [0.1, 0.15) is 11.6 Å². The van der Waals surface area contributed by atoms with E-state index in [0.29, 0.717) is 5.56 Å². The minimum atomic E-state index is -0.889. The van der Waals surface area contributed by atoms with Gasteiger partial charge in [-0.3, -0.25) is 0 Å². The van der Waals surface area contributed by atoms with Gasteiger partial charge in [0.2, 0.25) is 0 Å². The molecule has 1 aromatic rings. The summed E-state index contributed by atoms with van der Waals surface area (Å²) in [6.07, 6.45) is -0.492. The van der Waals surface area contributed by atoms with Crippen LogP contribution in [-0.2, 0) is 20.7 Å². The fraction of sp³-hybridized carbons (Fsp3) is 0.438. The lowest BCUT2D eigenvalue weighted by Gasteiger charge is -2.22. The molecule has 0 radical (unpaired) electrons. The Bertz CT molecular complexity index is 605. The summed E-state index contributed by atoms with van der Waals surface area (Å²) in [6, 6.07) is 5.82. The third-order valence-corrected chi connectivity index (χ3v) is 2.97. The fourth-order valence-corrected chi connectivity index (χ4v) is 1.89. The number of nitrogens with one attached hydrogen (secondary N) is 1. The number of ether oxygens (including phenoxy) is 2. The highest BCUT2D eigenvalue weighted by atomic mass is 16.6. The Kier molecular flexibility index (Phi) is 6.58. The van der Waals surface area contributed by atoms with Gasteiger partial charge in [0.25, 0.3) is 0 Å². The van der Waals surface area contributed by atoms with Gasteiger partial charge in [-0.2, -0.15) is 0 Å². The van der Waals surface area contributed by atoms with Crippen LogP contribution in [0.1, 0.15) is 31.9 Å². The average molecular weight is 337 g/mol. The first kappa shape index (κ1) is 19.3. The number of hydrogen-bond donors (Lipinski definition) is 3. The Balaban J connectivity index is 2.83. The molecule has 8 heteroatoms. The van der Waals surface area contributed by atoms with Crippen LogP contribution in [-0.4, -0.2) is 41.9 Å². The lowest BCUT2D eigenvalue weighted by molar-refractivity contribution is -0.143. The molecule has 0 saturated heterocycles. The van der Waals surface area contributed by atoms with Gasteiger partial charge in [0, 0.05) is 12.0 Å². The van der Waals surface area contributed by atoms with Gasteiger partial charge in [-0.15, -0.1) is 0 Å². The van der Waals surface area contributed by atoms with E-state index in [0.717, 1.165) is 5.56 Å². The quantitative estimate of drug-likeness (QED) is 0.245. The minimum Gasteiger partial charge on any atom is -0.467 e. The molecule has 0 aromatic heterocycles. The van der Waals surface area contributed by atoms with Crippen molar-refractivity contribution in [3.8, 4) is 0 Å². The van der Waals surface area contributed by atoms with Gasteiger partial charge in [-0.1, -0.05) is 29.4 Å². The molecule has 8 nitrogen and oxygen atoms in total. The Morgan fingerprint density at radius 1 is 1.29 bits per heavy atom. The van der Waals surface area contributed by atoms with Crippen LogP contribution in [0.15, 0.2) is 29.4 Å². The Morgan fingerprint density at radius 3 is 2.33 bits per heavy atom. The molecule has 1 rings (SSSR count). The van der Waals surface area contributed by atoms with Crippen LogP contribution < -0.4 is 11.1 Å². The lowest BCUT2D eigenvalue weighted by atomic mass is 10.0. The number of nitrogens with zero attached hydrogens (tertiary/aromatic N) is 1. The maximum atomic E-state index is 11.9. The second-order valence-electron chi connectivity index (χ2n) is 6.11. The molecule has 1 atom stereocenters. The highest BCUT2D eigenvalue weighted by molar-refractivity contribution is 5.97. The van der Waals surface area contributed by atoms with Crippen molar-refractivity contribution < 1.29 is 24.3 Å². The zero-order valence-corrected chi connectivity index (χ0v) is 14.2. The molecule has 0 aliphatic rings. The summed E-state index contributed by atoms with van der Waals surface area (Å²) in [4.78, 5) is 23.7. The average Bonchev–Trinajstić information content (AvgIpc) is 2.51. The number of oxime groups is 1. The van der Waals surface area contributed by atoms with Gasteiger partial charge in [-0.05, 0) is 26.3 Å². The number of carbonyl (C=O) groups is 2. The molecule has 24 heavy (non-hydrogen) atoms. The Hall–Kier alpha value is -2.77. The van der Waals surface area contributed by atoms with Gasteiger partial charge in [0.15, 0.2) is 5.84 Å². The molecule has 1 unspecified atom stereocenters. The summed E-state index contributed by atoms with van der Waals surface area (Å²) in [6.45, 7) is 5.18. The first-order valence-corrected chi connectivity index (χ1v) is 7.30. The molecule has 0 aliphatic carbocycles. The molecular formula is C16H23N3O5. The van der Waals surface area contributed by atoms with Crippen molar-refractivity contribution in [2.24, 2.45) is 10.9 Å². The van der Waals surface area contributed by atoms with E-state index in [1.54, 1.807) is 45.0 Å². The fourth-order valence-electron chi connectivity index (χ4n) is 1.89. The van der Waals surface area contributed by atoms with Gasteiger partial charge in [-0.25, -0.2) is 9.59 Å². The van der Waals surface area contributed by atoms with Crippen molar-refractivity contribution in [3.63, 3.8) is 0 Å². The van der Waals surface area contributed by atoms with Crippen molar-refractivity contribution in [3.05, 3.63) is 35.4 Å². The second-order valence-corrected chi connectivity index (χ2v) is 6.11. The number of rotatable bonds is 5. The third-order valence-electron chi connectivity index (χ3n) is 2.97. The standard InChI is InChI=1S/C16H23N3O5/c1-16(2,3)24-15(21)18-12(14(20)23-4)9-10-5-7-11(8-6-10)13(17)19-22/h5-8,12,22H,9H2,1-4H3,(H2,17,19)(H,18,21). The molecule has 0 heterocycles. The van der Waals surface area contributed by atoms with Gasteiger partial charge in [0.05, 0.1) is 7.11 Å². The van der Waals surface area contributed by atoms with Crippen LogP contribution in [0, 0.1) is 0 Å². The van der Waals surface area contributed by atoms with E-state index in [1.807, 2.05) is 0 Å². The van der Waals surface area contributed by atoms with Crippen molar-refractivity contribution in [2.75, 3.05) is 7.11 Å². The van der Waals surface area contributed by atoms with E-state index in [-0.39, 0.29) is 12.3 Å². The molecule has 4 N–H and O–H groups in total. The first-order chi connectivity index (χ1) is 11.2. The smallest absolute Gasteiger partial charge is 0.408 e. The van der Waals surface area contributed by atoms with Gasteiger partial charge < -0.3 is 25.7 Å². The molecular weight excluding hydrogens is 314 g/mol. The van der Waals surface area contributed by atoms with Crippen LogP contribution in [0.4, 0.5) is 4.79 Å². The number of amidine groups is 1. The van der Waals surface area contributed by atoms with Crippen molar-refractivity contribution in [1.82, 2.24) is 5.32 Å². The number of carbonyl (C=O) groups excluding carboxylic acids is 2. The highest BCUT2D eigenvalue weighted by Gasteiger charge is 2.25. The van der Waals surface area contributed by atoms with Crippen LogP contribution in [0.5, 0.6) is 0 Å². The molecule has 0 saturated carbocycles. The topological polar surface area (TPSA) is 123 Å². The monoisotopic (exact) mass is 337 g/mol. The van der Waals surface area contributed by atoms with E-state index in [4.69, 9.17) is 20.4 Å². The Labute approximate surface area is 140 Å². The number of benzene rings is 1. The number of amides is 1. The third kappa shape index (κ3) is 6.15. The van der Waals surface area contributed by atoms with Crippen LogP contribution in [0.3, 0.4) is 0 Å². The molecule has 1 amide bonds. The largest absolute Gasteiger partial charge is 0.467 e. The number of hydrogen-bond acceptors (Lipinski definition) is 6. The van der Waals surface area contributed by atoms with Crippen LogP contribution >= 0.6 is 0 Å². The number of nitrogens with two attached hydrogens (primary N) is 1. The molecule has 0 bridgehead atoms. The lowest BCUT2D eigenvalue weighted by Crippen LogP contribution is -2.45. The summed E-state index contributed by atoms with van der Waals surface area (Å²) in [5, 5.41) is 14.0. The summed E-state index contributed by atoms with van der Waals surface area (Å²) in [5.74, 6) is -0.598.